The second-order valence-electron chi connectivity index (χ2n) is 5.99. The molecule has 0 fully saturated rings. The highest BCUT2D eigenvalue weighted by molar-refractivity contribution is 7.80. The lowest BCUT2D eigenvalue weighted by atomic mass is 10.2. The van der Waals surface area contributed by atoms with Gasteiger partial charge in [-0.1, -0.05) is 18.2 Å². The molecule has 2 rings (SSSR count). The highest BCUT2D eigenvalue weighted by atomic mass is 32.1. The van der Waals surface area contributed by atoms with Gasteiger partial charge in [-0.3, -0.25) is 4.98 Å². The van der Waals surface area contributed by atoms with Crippen LogP contribution in [0, 0.1) is 5.82 Å². The first kappa shape index (κ1) is 18.3. The lowest BCUT2D eigenvalue weighted by Crippen LogP contribution is -3.06. The molecule has 1 unspecified atom stereocenters. The molecule has 2 aromatic rings. The molecule has 6 heteroatoms. The fourth-order valence-corrected chi connectivity index (χ4v) is 2.71. The fourth-order valence-electron chi connectivity index (χ4n) is 2.35. The van der Waals surface area contributed by atoms with Crippen molar-refractivity contribution in [2.75, 3.05) is 32.5 Å². The second kappa shape index (κ2) is 8.70. The van der Waals surface area contributed by atoms with E-state index in [-0.39, 0.29) is 11.9 Å². The number of hydrogen-bond donors (Lipinski definition) is 2. The first-order valence-corrected chi connectivity index (χ1v) is 8.42. The average molecular weight is 347 g/mol. The van der Waals surface area contributed by atoms with Gasteiger partial charge in [0, 0.05) is 6.20 Å². The number of benzene rings is 1. The first-order chi connectivity index (χ1) is 11.5. The number of pyridine rings is 1. The van der Waals surface area contributed by atoms with Gasteiger partial charge in [0.05, 0.1) is 44.6 Å². The van der Waals surface area contributed by atoms with E-state index in [2.05, 4.69) is 36.2 Å². The SMILES string of the molecule is CC(c1ccccn1)N(CC[NH+](C)C)C(=S)Nc1ccccc1F. The third-order valence-electron chi connectivity index (χ3n) is 3.81. The summed E-state index contributed by atoms with van der Waals surface area (Å²) in [7, 11) is 4.19. The summed E-state index contributed by atoms with van der Waals surface area (Å²) in [5.74, 6) is -0.316. The molecule has 1 heterocycles. The number of anilines is 1. The van der Waals surface area contributed by atoms with E-state index in [0.29, 0.717) is 10.8 Å². The Morgan fingerprint density at radius 3 is 2.58 bits per heavy atom. The summed E-state index contributed by atoms with van der Waals surface area (Å²) < 4.78 is 13.9. The number of hydrogen-bond acceptors (Lipinski definition) is 2. The molecule has 1 atom stereocenters. The maximum atomic E-state index is 13.9. The van der Waals surface area contributed by atoms with Crippen LogP contribution in [0.1, 0.15) is 18.7 Å². The van der Waals surface area contributed by atoms with E-state index in [9.17, 15) is 4.39 Å². The maximum Gasteiger partial charge on any atom is 0.174 e. The fraction of sp³-hybridized carbons (Fsp3) is 0.333. The zero-order chi connectivity index (χ0) is 17.5. The van der Waals surface area contributed by atoms with Gasteiger partial charge in [0.2, 0.25) is 0 Å². The van der Waals surface area contributed by atoms with Crippen molar-refractivity contribution in [3.05, 3.63) is 60.2 Å². The number of nitrogens with zero attached hydrogens (tertiary/aromatic N) is 2. The Balaban J connectivity index is 2.18. The molecule has 0 aliphatic heterocycles. The van der Waals surface area contributed by atoms with Gasteiger partial charge in [-0.15, -0.1) is 0 Å². The summed E-state index contributed by atoms with van der Waals surface area (Å²) >= 11 is 5.56. The monoisotopic (exact) mass is 347 g/mol. The van der Waals surface area contributed by atoms with Crippen LogP contribution in [-0.2, 0) is 0 Å². The smallest absolute Gasteiger partial charge is 0.174 e. The highest BCUT2D eigenvalue weighted by Gasteiger charge is 2.21. The van der Waals surface area contributed by atoms with E-state index in [1.54, 1.807) is 24.4 Å². The van der Waals surface area contributed by atoms with E-state index >= 15 is 0 Å². The molecule has 0 bridgehead atoms. The third-order valence-corrected chi connectivity index (χ3v) is 4.15. The van der Waals surface area contributed by atoms with Gasteiger partial charge in [0.1, 0.15) is 5.82 Å². The van der Waals surface area contributed by atoms with Gasteiger partial charge in [-0.2, -0.15) is 0 Å². The Hall–Kier alpha value is -2.05. The van der Waals surface area contributed by atoms with E-state index < -0.39 is 0 Å². The number of rotatable bonds is 6. The van der Waals surface area contributed by atoms with Crippen LogP contribution in [0.15, 0.2) is 48.7 Å². The minimum Gasteiger partial charge on any atom is -0.338 e. The number of nitrogens with one attached hydrogen (secondary N) is 2. The molecule has 0 amide bonds. The van der Waals surface area contributed by atoms with Crippen molar-refractivity contribution in [1.82, 2.24) is 9.88 Å². The normalized spacial score (nSPS) is 12.0. The zero-order valence-corrected chi connectivity index (χ0v) is 15.1. The van der Waals surface area contributed by atoms with Crippen molar-refractivity contribution in [3.63, 3.8) is 0 Å². The largest absolute Gasteiger partial charge is 0.338 e. The van der Waals surface area contributed by atoms with E-state index in [1.807, 2.05) is 18.2 Å². The molecule has 4 nitrogen and oxygen atoms in total. The van der Waals surface area contributed by atoms with E-state index in [1.165, 1.54) is 11.0 Å². The molecule has 0 aliphatic carbocycles. The lowest BCUT2D eigenvalue weighted by molar-refractivity contribution is -0.857. The summed E-state index contributed by atoms with van der Waals surface area (Å²) in [5, 5.41) is 3.53. The van der Waals surface area contributed by atoms with Gasteiger partial charge in [0.25, 0.3) is 0 Å². The number of quaternary nitrogens is 1. The van der Waals surface area contributed by atoms with E-state index in [0.717, 1.165) is 18.8 Å². The van der Waals surface area contributed by atoms with Crippen LogP contribution in [-0.4, -0.2) is 42.2 Å². The van der Waals surface area contributed by atoms with Gasteiger partial charge in [0.15, 0.2) is 5.11 Å². The number of para-hydroxylation sites is 1. The molecule has 24 heavy (non-hydrogen) atoms. The van der Waals surface area contributed by atoms with Crippen LogP contribution in [0.2, 0.25) is 0 Å². The number of aromatic nitrogens is 1. The Morgan fingerprint density at radius 2 is 1.96 bits per heavy atom. The quantitative estimate of drug-likeness (QED) is 0.784. The summed E-state index contributed by atoms with van der Waals surface area (Å²) in [5.41, 5.74) is 1.32. The molecule has 0 spiro atoms. The molecular weight excluding hydrogens is 323 g/mol. The molecule has 0 aliphatic rings. The minimum atomic E-state index is -0.316. The number of halogens is 1. The first-order valence-electron chi connectivity index (χ1n) is 8.01. The lowest BCUT2D eigenvalue weighted by Gasteiger charge is -2.31. The van der Waals surface area contributed by atoms with Crippen LogP contribution in [0.5, 0.6) is 0 Å². The summed E-state index contributed by atoms with van der Waals surface area (Å²) in [6.07, 6.45) is 1.77. The minimum absolute atomic E-state index is 0.00248. The standard InChI is InChI=1S/C18H23FN4S/c1-14(16-9-6-7-11-20-16)23(13-12-22(2)3)18(24)21-17-10-5-4-8-15(17)19/h4-11,14H,12-13H2,1-3H3,(H,21,24)/p+1. The van der Waals surface area contributed by atoms with E-state index in [4.69, 9.17) is 12.2 Å². The van der Waals surface area contributed by atoms with Crippen molar-refractivity contribution in [1.29, 1.82) is 0 Å². The molecule has 1 aromatic heterocycles. The highest BCUT2D eigenvalue weighted by Crippen LogP contribution is 2.20. The average Bonchev–Trinajstić information content (AvgIpc) is 2.57. The molecule has 2 N–H and O–H groups in total. The predicted molar refractivity (Wildman–Crippen MR) is 99.7 cm³/mol. The molecule has 0 saturated carbocycles. The van der Waals surface area contributed by atoms with Gasteiger partial charge in [-0.05, 0) is 43.4 Å². The Labute approximate surface area is 148 Å². The topological polar surface area (TPSA) is 32.6 Å². The predicted octanol–water partition coefficient (Wildman–Crippen LogP) is 2.13. The molecule has 0 saturated heterocycles. The maximum absolute atomic E-state index is 13.9. The molecular formula is C18H24FN4S+. The van der Waals surface area contributed by atoms with Gasteiger partial charge in [-0.25, -0.2) is 4.39 Å². The number of likely N-dealkylation sites (N-methyl/N-ethyl adjacent to an activating group) is 1. The molecule has 128 valence electrons. The van der Waals surface area contributed by atoms with Gasteiger partial charge >= 0.3 is 0 Å². The van der Waals surface area contributed by atoms with Crippen molar-refractivity contribution in [2.45, 2.75) is 13.0 Å². The zero-order valence-electron chi connectivity index (χ0n) is 14.3. The Morgan fingerprint density at radius 1 is 1.25 bits per heavy atom. The van der Waals surface area contributed by atoms with Crippen molar-refractivity contribution in [3.8, 4) is 0 Å². The van der Waals surface area contributed by atoms with Crippen LogP contribution < -0.4 is 10.2 Å². The van der Waals surface area contributed by atoms with Crippen molar-refractivity contribution >= 4 is 23.0 Å². The van der Waals surface area contributed by atoms with Gasteiger partial charge < -0.3 is 15.1 Å². The Kier molecular flexibility index (Phi) is 6.63. The number of thiocarbonyl (C=S) groups is 1. The Bertz CT molecular complexity index is 663. The molecule has 1 aromatic carbocycles. The van der Waals surface area contributed by atoms with Crippen LogP contribution in [0.25, 0.3) is 0 Å². The van der Waals surface area contributed by atoms with Crippen LogP contribution in [0.3, 0.4) is 0 Å². The van der Waals surface area contributed by atoms with Crippen LogP contribution in [0.4, 0.5) is 10.1 Å². The third kappa shape index (κ3) is 4.97. The van der Waals surface area contributed by atoms with Crippen molar-refractivity contribution < 1.29 is 9.29 Å². The summed E-state index contributed by atoms with van der Waals surface area (Å²) in [4.78, 5) is 7.80. The summed E-state index contributed by atoms with van der Waals surface area (Å²) in [6, 6.07) is 12.4. The second-order valence-corrected chi connectivity index (χ2v) is 6.38. The molecule has 0 radical (unpaired) electrons. The van der Waals surface area contributed by atoms with Crippen LogP contribution >= 0.6 is 12.2 Å². The van der Waals surface area contributed by atoms with Crippen molar-refractivity contribution in [2.24, 2.45) is 0 Å². The summed E-state index contributed by atoms with van der Waals surface area (Å²) in [6.45, 7) is 3.72.